The topological polar surface area (TPSA) is 65.5 Å². The molecule has 1 aromatic heterocycles. The summed E-state index contributed by atoms with van der Waals surface area (Å²) in [4.78, 5) is 32.8. The molecule has 128 valence electrons. The van der Waals surface area contributed by atoms with Crippen molar-refractivity contribution in [3.8, 4) is 0 Å². The molecular weight excluding hydrogens is 304 g/mol. The van der Waals surface area contributed by atoms with Gasteiger partial charge >= 0.3 is 6.03 Å². The fourth-order valence-electron chi connectivity index (χ4n) is 4.15. The minimum atomic E-state index is 0.0394. The second-order valence-electron chi connectivity index (χ2n) is 7.34. The summed E-state index contributed by atoms with van der Waals surface area (Å²) in [6.45, 7) is 3.86. The Bertz CT molecular complexity index is 629. The van der Waals surface area contributed by atoms with Crippen LogP contribution in [0.4, 0.5) is 4.79 Å². The number of hydrogen-bond donors (Lipinski definition) is 1. The Morgan fingerprint density at radius 1 is 1.17 bits per heavy atom. The lowest BCUT2D eigenvalue weighted by atomic mass is 10.0. The van der Waals surface area contributed by atoms with E-state index in [1.165, 1.54) is 0 Å². The summed E-state index contributed by atoms with van der Waals surface area (Å²) in [6.07, 6.45) is 7.58. The number of hydrogen-bond acceptors (Lipinski definition) is 3. The molecule has 4 rings (SSSR count). The Balaban J connectivity index is 1.29. The van der Waals surface area contributed by atoms with Gasteiger partial charge in [-0.15, -0.1) is 0 Å². The van der Waals surface area contributed by atoms with Gasteiger partial charge in [0.05, 0.1) is 0 Å². The molecule has 2 aliphatic heterocycles. The SMILES string of the molecule is O=C(NCc1ccncc1)C1CC12CCN(C(=O)N1CCCC1)C2. The zero-order chi connectivity index (χ0) is 16.6. The molecule has 3 heterocycles. The Morgan fingerprint density at radius 3 is 2.67 bits per heavy atom. The predicted molar refractivity (Wildman–Crippen MR) is 89.0 cm³/mol. The molecule has 1 spiro atoms. The van der Waals surface area contributed by atoms with Crippen molar-refractivity contribution in [2.45, 2.75) is 32.2 Å². The van der Waals surface area contributed by atoms with Crippen LogP contribution in [-0.4, -0.2) is 52.9 Å². The highest BCUT2D eigenvalue weighted by molar-refractivity contribution is 5.83. The number of pyridine rings is 1. The van der Waals surface area contributed by atoms with Gasteiger partial charge in [0.15, 0.2) is 0 Å². The molecule has 3 fully saturated rings. The predicted octanol–water partition coefficient (Wildman–Crippen LogP) is 1.63. The van der Waals surface area contributed by atoms with Crippen LogP contribution in [0, 0.1) is 11.3 Å². The van der Waals surface area contributed by atoms with Gasteiger partial charge in [0, 0.05) is 56.5 Å². The second-order valence-corrected chi connectivity index (χ2v) is 7.34. The van der Waals surface area contributed by atoms with E-state index in [2.05, 4.69) is 10.3 Å². The fourth-order valence-corrected chi connectivity index (χ4v) is 4.15. The lowest BCUT2D eigenvalue weighted by Gasteiger charge is -2.24. The molecule has 6 nitrogen and oxygen atoms in total. The molecule has 2 saturated heterocycles. The van der Waals surface area contributed by atoms with E-state index in [0.717, 1.165) is 57.4 Å². The molecule has 0 aromatic carbocycles. The van der Waals surface area contributed by atoms with E-state index < -0.39 is 0 Å². The van der Waals surface area contributed by atoms with Crippen molar-refractivity contribution < 1.29 is 9.59 Å². The van der Waals surface area contributed by atoms with Gasteiger partial charge in [-0.2, -0.15) is 0 Å². The van der Waals surface area contributed by atoms with Crippen molar-refractivity contribution in [3.05, 3.63) is 30.1 Å². The Kier molecular flexibility index (Phi) is 3.90. The van der Waals surface area contributed by atoms with E-state index in [-0.39, 0.29) is 23.3 Å². The summed E-state index contributed by atoms with van der Waals surface area (Å²) < 4.78 is 0. The van der Waals surface area contributed by atoms with Gasteiger partial charge in [0.1, 0.15) is 0 Å². The number of rotatable bonds is 3. The number of nitrogens with zero attached hydrogens (tertiary/aromatic N) is 3. The lowest BCUT2D eigenvalue weighted by molar-refractivity contribution is -0.123. The molecule has 2 atom stereocenters. The maximum atomic E-state index is 12.5. The normalized spacial score (nSPS) is 28.4. The van der Waals surface area contributed by atoms with E-state index in [1.807, 2.05) is 21.9 Å². The van der Waals surface area contributed by atoms with E-state index in [1.54, 1.807) is 12.4 Å². The van der Waals surface area contributed by atoms with Crippen LogP contribution >= 0.6 is 0 Å². The first-order valence-electron chi connectivity index (χ1n) is 8.88. The summed E-state index contributed by atoms with van der Waals surface area (Å²) in [5.41, 5.74) is 1.10. The number of likely N-dealkylation sites (tertiary alicyclic amines) is 2. The third-order valence-electron chi connectivity index (χ3n) is 5.75. The molecule has 1 N–H and O–H groups in total. The van der Waals surface area contributed by atoms with E-state index in [9.17, 15) is 9.59 Å². The Morgan fingerprint density at radius 2 is 1.92 bits per heavy atom. The van der Waals surface area contributed by atoms with Crippen LogP contribution in [-0.2, 0) is 11.3 Å². The van der Waals surface area contributed by atoms with Crippen LogP contribution in [0.15, 0.2) is 24.5 Å². The first-order valence-corrected chi connectivity index (χ1v) is 8.88. The molecule has 0 bridgehead atoms. The van der Waals surface area contributed by atoms with Crippen LogP contribution in [0.25, 0.3) is 0 Å². The molecular formula is C18H24N4O2. The summed E-state index contributed by atoms with van der Waals surface area (Å²) in [5.74, 6) is 0.193. The quantitative estimate of drug-likeness (QED) is 0.917. The number of nitrogens with one attached hydrogen (secondary N) is 1. The highest BCUT2D eigenvalue weighted by atomic mass is 16.2. The first kappa shape index (κ1) is 15.4. The molecule has 1 aromatic rings. The minimum Gasteiger partial charge on any atom is -0.352 e. The van der Waals surface area contributed by atoms with Crippen LogP contribution in [0.3, 0.4) is 0 Å². The number of carbonyl (C=O) groups is 2. The maximum absolute atomic E-state index is 12.5. The lowest BCUT2D eigenvalue weighted by Crippen LogP contribution is -2.40. The average Bonchev–Trinajstić information content (AvgIpc) is 2.98. The van der Waals surface area contributed by atoms with Gasteiger partial charge < -0.3 is 15.1 Å². The van der Waals surface area contributed by atoms with Gasteiger partial charge in [-0.3, -0.25) is 9.78 Å². The van der Waals surface area contributed by atoms with Crippen LogP contribution in [0.1, 0.15) is 31.2 Å². The number of aromatic nitrogens is 1. The molecule has 1 saturated carbocycles. The standard InChI is InChI=1S/C18H24N4O2/c23-16(20-12-14-3-6-19-7-4-14)15-11-18(15)5-10-22(13-18)17(24)21-8-1-2-9-21/h3-4,6-7,15H,1-2,5,8-13H2,(H,20,23). The number of carbonyl (C=O) groups excluding carboxylic acids is 2. The maximum Gasteiger partial charge on any atom is 0.320 e. The summed E-state index contributed by atoms with van der Waals surface area (Å²) >= 11 is 0. The van der Waals surface area contributed by atoms with Crippen molar-refractivity contribution in [3.63, 3.8) is 0 Å². The summed E-state index contributed by atoms with van der Waals surface area (Å²) in [7, 11) is 0. The zero-order valence-electron chi connectivity index (χ0n) is 13.9. The van der Waals surface area contributed by atoms with E-state index in [0.29, 0.717) is 6.54 Å². The highest BCUT2D eigenvalue weighted by Crippen LogP contribution is 2.58. The van der Waals surface area contributed by atoms with Crippen molar-refractivity contribution >= 4 is 11.9 Å². The van der Waals surface area contributed by atoms with Crippen LogP contribution in [0.5, 0.6) is 0 Å². The monoisotopic (exact) mass is 328 g/mol. The fraction of sp³-hybridized carbons (Fsp3) is 0.611. The van der Waals surface area contributed by atoms with E-state index >= 15 is 0 Å². The van der Waals surface area contributed by atoms with Gasteiger partial charge in [0.2, 0.25) is 5.91 Å². The van der Waals surface area contributed by atoms with Crippen molar-refractivity contribution in [1.29, 1.82) is 0 Å². The van der Waals surface area contributed by atoms with E-state index in [4.69, 9.17) is 0 Å². The number of amides is 3. The molecule has 3 amide bonds. The molecule has 2 unspecified atom stereocenters. The largest absolute Gasteiger partial charge is 0.352 e. The first-order chi connectivity index (χ1) is 11.7. The minimum absolute atomic E-state index is 0.0394. The molecule has 1 aliphatic carbocycles. The second kappa shape index (κ2) is 6.07. The molecule has 3 aliphatic rings. The van der Waals surface area contributed by atoms with Gasteiger partial charge in [0.25, 0.3) is 0 Å². The van der Waals surface area contributed by atoms with Crippen molar-refractivity contribution in [2.75, 3.05) is 26.2 Å². The van der Waals surface area contributed by atoms with Crippen molar-refractivity contribution in [2.24, 2.45) is 11.3 Å². The van der Waals surface area contributed by atoms with Gasteiger partial charge in [-0.25, -0.2) is 4.79 Å². The average molecular weight is 328 g/mol. The zero-order valence-corrected chi connectivity index (χ0v) is 13.9. The van der Waals surface area contributed by atoms with Crippen LogP contribution in [0.2, 0.25) is 0 Å². The molecule has 0 radical (unpaired) electrons. The molecule has 24 heavy (non-hydrogen) atoms. The third-order valence-corrected chi connectivity index (χ3v) is 5.75. The summed E-state index contributed by atoms with van der Waals surface area (Å²) in [5, 5.41) is 3.03. The summed E-state index contributed by atoms with van der Waals surface area (Å²) in [6, 6.07) is 4.00. The third kappa shape index (κ3) is 2.85. The van der Waals surface area contributed by atoms with Gasteiger partial charge in [-0.1, -0.05) is 0 Å². The Labute approximate surface area is 142 Å². The number of urea groups is 1. The van der Waals surface area contributed by atoms with Crippen LogP contribution < -0.4 is 5.32 Å². The smallest absolute Gasteiger partial charge is 0.320 e. The van der Waals surface area contributed by atoms with Gasteiger partial charge in [-0.05, 0) is 43.4 Å². The van der Waals surface area contributed by atoms with Crippen molar-refractivity contribution in [1.82, 2.24) is 20.1 Å². The molecule has 6 heteroatoms. The highest BCUT2D eigenvalue weighted by Gasteiger charge is 2.61. The Hall–Kier alpha value is -2.11.